The molecule has 0 heterocycles. The third-order valence-electron chi connectivity index (χ3n) is 1.74. The van der Waals surface area contributed by atoms with E-state index in [1.807, 2.05) is 0 Å². The Morgan fingerprint density at radius 2 is 1.86 bits per heavy atom. The molecule has 0 N–H and O–H groups in total. The highest BCUT2D eigenvalue weighted by Crippen LogP contribution is 2.38. The van der Waals surface area contributed by atoms with Crippen LogP contribution < -0.4 is 0 Å². The molecule has 7 heavy (non-hydrogen) atoms. The lowest BCUT2D eigenvalue weighted by Crippen LogP contribution is -1.78. The molecule has 0 aromatic carbocycles. The van der Waals surface area contributed by atoms with Gasteiger partial charge in [0.05, 0.1) is 0 Å². The molecule has 1 aliphatic carbocycles. The summed E-state index contributed by atoms with van der Waals surface area (Å²) >= 11 is 3.42. The molecule has 0 bridgehead atoms. The van der Waals surface area contributed by atoms with Crippen molar-refractivity contribution in [3.8, 4) is 0 Å². The van der Waals surface area contributed by atoms with Crippen LogP contribution in [0.2, 0.25) is 0 Å². The second-order valence-corrected chi connectivity index (χ2v) is 2.72. The second kappa shape index (κ2) is 1.62. The monoisotopic (exact) mass is 160 g/mol. The molecule has 0 fully saturated rings. The van der Waals surface area contributed by atoms with E-state index in [1.54, 1.807) is 11.1 Å². The molecule has 0 spiro atoms. The van der Waals surface area contributed by atoms with Gasteiger partial charge in [-0.05, 0) is 13.8 Å². The first kappa shape index (κ1) is 5.36. The van der Waals surface area contributed by atoms with Crippen molar-refractivity contribution in [2.45, 2.75) is 13.8 Å². The predicted molar refractivity (Wildman–Crippen MR) is 35.7 cm³/mol. The van der Waals surface area contributed by atoms with Crippen LogP contribution in [0.5, 0.6) is 0 Å². The second-order valence-electron chi connectivity index (χ2n) is 2.07. The number of allylic oxidation sites excluding steroid dienone is 2. The molecular formula is C6H9Br. The van der Waals surface area contributed by atoms with Gasteiger partial charge in [0.2, 0.25) is 0 Å². The minimum Gasteiger partial charge on any atom is -0.0918 e. The highest BCUT2D eigenvalue weighted by molar-refractivity contribution is 9.09. The fourth-order valence-corrected chi connectivity index (χ4v) is 1.75. The Morgan fingerprint density at radius 3 is 1.86 bits per heavy atom. The van der Waals surface area contributed by atoms with Crippen molar-refractivity contribution in [2.75, 3.05) is 5.33 Å². The van der Waals surface area contributed by atoms with Crippen molar-refractivity contribution in [1.29, 1.82) is 0 Å². The van der Waals surface area contributed by atoms with E-state index in [1.165, 1.54) is 0 Å². The van der Waals surface area contributed by atoms with Crippen LogP contribution in [0.15, 0.2) is 11.1 Å². The maximum atomic E-state index is 3.42. The van der Waals surface area contributed by atoms with Crippen molar-refractivity contribution in [3.05, 3.63) is 11.1 Å². The van der Waals surface area contributed by atoms with Gasteiger partial charge in [0.25, 0.3) is 0 Å². The maximum Gasteiger partial charge on any atom is 0.0134 e. The summed E-state index contributed by atoms with van der Waals surface area (Å²) in [7, 11) is 0. The average Bonchev–Trinajstić information content (AvgIpc) is 2.17. The van der Waals surface area contributed by atoms with Gasteiger partial charge >= 0.3 is 0 Å². The van der Waals surface area contributed by atoms with Crippen LogP contribution >= 0.6 is 15.9 Å². The van der Waals surface area contributed by atoms with Gasteiger partial charge < -0.3 is 0 Å². The van der Waals surface area contributed by atoms with Crippen LogP contribution in [0.4, 0.5) is 0 Å². The third-order valence-corrected chi connectivity index (χ3v) is 2.39. The minimum atomic E-state index is 0.819. The van der Waals surface area contributed by atoms with Gasteiger partial charge in [-0.3, -0.25) is 0 Å². The summed E-state index contributed by atoms with van der Waals surface area (Å²) in [5.41, 5.74) is 3.16. The predicted octanol–water partition coefficient (Wildman–Crippen LogP) is 2.35. The summed E-state index contributed by atoms with van der Waals surface area (Å²) in [5.74, 6) is 0.819. The maximum absolute atomic E-state index is 3.42. The smallest absolute Gasteiger partial charge is 0.0134 e. The van der Waals surface area contributed by atoms with Crippen molar-refractivity contribution >= 4 is 15.9 Å². The molecule has 1 aliphatic rings. The topological polar surface area (TPSA) is 0 Å². The lowest BCUT2D eigenvalue weighted by molar-refractivity contribution is 1.02. The summed E-state index contributed by atoms with van der Waals surface area (Å²) in [5, 5.41) is 1.13. The van der Waals surface area contributed by atoms with Gasteiger partial charge in [-0.15, -0.1) is 0 Å². The van der Waals surface area contributed by atoms with E-state index in [0.717, 1.165) is 11.2 Å². The first-order valence-electron chi connectivity index (χ1n) is 2.50. The Kier molecular flexibility index (Phi) is 1.24. The van der Waals surface area contributed by atoms with Crippen LogP contribution in [-0.4, -0.2) is 5.33 Å². The molecule has 0 unspecified atom stereocenters. The van der Waals surface area contributed by atoms with E-state index < -0.39 is 0 Å². The number of halogens is 1. The quantitative estimate of drug-likeness (QED) is 0.409. The van der Waals surface area contributed by atoms with E-state index in [-0.39, 0.29) is 0 Å². The van der Waals surface area contributed by atoms with Gasteiger partial charge in [-0.25, -0.2) is 0 Å². The Morgan fingerprint density at radius 1 is 1.43 bits per heavy atom. The van der Waals surface area contributed by atoms with E-state index >= 15 is 0 Å². The molecule has 40 valence electrons. The van der Waals surface area contributed by atoms with E-state index in [2.05, 4.69) is 29.8 Å². The molecular weight excluding hydrogens is 152 g/mol. The SMILES string of the molecule is CC1=C(C)C1CBr. The number of alkyl halides is 1. The van der Waals surface area contributed by atoms with Crippen LogP contribution in [0, 0.1) is 5.92 Å². The highest BCUT2D eigenvalue weighted by Gasteiger charge is 2.26. The van der Waals surface area contributed by atoms with Crippen molar-refractivity contribution in [2.24, 2.45) is 5.92 Å². The average molecular weight is 161 g/mol. The molecule has 1 rings (SSSR count). The van der Waals surface area contributed by atoms with E-state index in [9.17, 15) is 0 Å². The molecule has 0 nitrogen and oxygen atoms in total. The van der Waals surface area contributed by atoms with Gasteiger partial charge in [0.15, 0.2) is 0 Å². The molecule has 0 amide bonds. The van der Waals surface area contributed by atoms with Crippen LogP contribution in [-0.2, 0) is 0 Å². The molecule has 0 saturated carbocycles. The zero-order chi connectivity index (χ0) is 5.44. The Labute approximate surface area is 52.7 Å². The Bertz CT molecular complexity index is 101. The van der Waals surface area contributed by atoms with E-state index in [0.29, 0.717) is 0 Å². The normalized spacial score (nSPS) is 21.0. The van der Waals surface area contributed by atoms with Crippen molar-refractivity contribution in [1.82, 2.24) is 0 Å². The first-order chi connectivity index (χ1) is 3.27. The molecule has 0 aliphatic heterocycles. The lowest BCUT2D eigenvalue weighted by atomic mass is 10.3. The van der Waals surface area contributed by atoms with Crippen molar-refractivity contribution in [3.63, 3.8) is 0 Å². The van der Waals surface area contributed by atoms with Gasteiger partial charge in [0, 0.05) is 11.2 Å². The van der Waals surface area contributed by atoms with Crippen LogP contribution in [0.1, 0.15) is 13.8 Å². The van der Waals surface area contributed by atoms with Gasteiger partial charge in [-0.2, -0.15) is 0 Å². The first-order valence-corrected chi connectivity index (χ1v) is 3.62. The van der Waals surface area contributed by atoms with Crippen LogP contribution in [0.25, 0.3) is 0 Å². The molecule has 0 atom stereocenters. The standard InChI is InChI=1S/C6H9Br/c1-4-5(2)6(4)3-7/h6H,3H2,1-2H3. The van der Waals surface area contributed by atoms with Gasteiger partial charge in [-0.1, -0.05) is 27.1 Å². The lowest BCUT2D eigenvalue weighted by Gasteiger charge is -1.83. The fraction of sp³-hybridized carbons (Fsp3) is 0.667. The Balaban J connectivity index is 2.37. The summed E-state index contributed by atoms with van der Waals surface area (Å²) in [6.07, 6.45) is 0. The van der Waals surface area contributed by atoms with Gasteiger partial charge in [0.1, 0.15) is 0 Å². The third kappa shape index (κ3) is 0.742. The summed E-state index contributed by atoms with van der Waals surface area (Å²) in [6, 6.07) is 0. The largest absolute Gasteiger partial charge is 0.0918 e. The van der Waals surface area contributed by atoms with Crippen molar-refractivity contribution < 1.29 is 0 Å². The Hall–Kier alpha value is 0.220. The summed E-state index contributed by atoms with van der Waals surface area (Å²) in [6.45, 7) is 4.39. The van der Waals surface area contributed by atoms with Crippen LogP contribution in [0.3, 0.4) is 0 Å². The minimum absolute atomic E-state index is 0.819. The molecule has 0 aromatic heterocycles. The highest BCUT2D eigenvalue weighted by atomic mass is 79.9. The summed E-state index contributed by atoms with van der Waals surface area (Å²) < 4.78 is 0. The molecule has 0 aromatic rings. The molecule has 0 radical (unpaired) electrons. The van der Waals surface area contributed by atoms with E-state index in [4.69, 9.17) is 0 Å². The zero-order valence-electron chi connectivity index (χ0n) is 4.66. The molecule has 1 heteroatoms. The number of hydrogen-bond acceptors (Lipinski definition) is 0. The zero-order valence-corrected chi connectivity index (χ0v) is 6.25. The molecule has 0 saturated heterocycles. The summed E-state index contributed by atoms with van der Waals surface area (Å²) in [4.78, 5) is 0. The number of rotatable bonds is 1. The number of hydrogen-bond donors (Lipinski definition) is 0. The fourth-order valence-electron chi connectivity index (χ4n) is 0.783.